The maximum atomic E-state index is 3.48. The molecule has 2 nitrogen and oxygen atoms in total. The van der Waals surface area contributed by atoms with Crippen LogP contribution in [0.15, 0.2) is 0 Å². The first-order valence-corrected chi connectivity index (χ1v) is 8.64. The van der Waals surface area contributed by atoms with Crippen LogP contribution in [0, 0.1) is 16.7 Å². The molecule has 2 spiro atoms. The van der Waals surface area contributed by atoms with E-state index in [1.165, 1.54) is 77.5 Å². The number of piperidine rings is 1. The Hall–Kier alpha value is -0.0800. The van der Waals surface area contributed by atoms with Crippen molar-refractivity contribution in [2.45, 2.75) is 64.3 Å². The summed E-state index contributed by atoms with van der Waals surface area (Å²) in [6.07, 6.45) is 12.0. The molecule has 4 rings (SSSR count). The molecule has 2 saturated carbocycles. The third-order valence-corrected chi connectivity index (χ3v) is 6.95. The van der Waals surface area contributed by atoms with Crippen molar-refractivity contribution >= 4 is 0 Å². The van der Waals surface area contributed by atoms with E-state index >= 15 is 0 Å². The molecule has 2 saturated heterocycles. The Labute approximate surface area is 118 Å². The molecule has 1 N–H and O–H groups in total. The summed E-state index contributed by atoms with van der Waals surface area (Å²) in [6.45, 7) is 7.86. The lowest BCUT2D eigenvalue weighted by Crippen LogP contribution is -2.57. The number of hydrogen-bond acceptors (Lipinski definition) is 2. The summed E-state index contributed by atoms with van der Waals surface area (Å²) in [4.78, 5) is 2.85. The zero-order valence-electron chi connectivity index (χ0n) is 12.6. The second-order valence-corrected chi connectivity index (χ2v) is 8.38. The number of nitrogens with zero attached hydrogens (tertiary/aromatic N) is 1. The van der Waals surface area contributed by atoms with E-state index in [9.17, 15) is 0 Å². The van der Waals surface area contributed by atoms with E-state index in [1.54, 1.807) is 0 Å². The molecule has 0 unspecified atom stereocenters. The van der Waals surface area contributed by atoms with E-state index in [2.05, 4.69) is 17.1 Å². The molecule has 2 aliphatic carbocycles. The summed E-state index contributed by atoms with van der Waals surface area (Å²) >= 11 is 0. The minimum absolute atomic E-state index is 0.733. The summed E-state index contributed by atoms with van der Waals surface area (Å²) in [6, 6.07) is 0.932. The van der Waals surface area contributed by atoms with Crippen LogP contribution in [-0.2, 0) is 0 Å². The van der Waals surface area contributed by atoms with Crippen LogP contribution in [0.25, 0.3) is 0 Å². The minimum Gasteiger partial charge on any atom is -0.316 e. The van der Waals surface area contributed by atoms with Gasteiger partial charge >= 0.3 is 0 Å². The summed E-state index contributed by atoms with van der Waals surface area (Å²) in [7, 11) is 0. The lowest BCUT2D eigenvalue weighted by Gasteiger charge is -2.54. The first-order valence-electron chi connectivity index (χ1n) is 8.64. The highest BCUT2D eigenvalue weighted by Gasteiger charge is 2.46. The molecular formula is C17H30N2. The maximum absolute atomic E-state index is 3.48. The van der Waals surface area contributed by atoms with Gasteiger partial charge in [0.25, 0.3) is 0 Å². The highest BCUT2D eigenvalue weighted by Crippen LogP contribution is 2.53. The molecule has 2 aliphatic heterocycles. The summed E-state index contributed by atoms with van der Waals surface area (Å²) in [5.41, 5.74) is 1.53. The quantitative estimate of drug-likeness (QED) is 0.781. The van der Waals surface area contributed by atoms with E-state index in [0.717, 1.165) is 22.8 Å². The van der Waals surface area contributed by atoms with Crippen molar-refractivity contribution in [2.75, 3.05) is 26.2 Å². The van der Waals surface area contributed by atoms with Crippen LogP contribution in [0.3, 0.4) is 0 Å². The molecule has 0 atom stereocenters. The summed E-state index contributed by atoms with van der Waals surface area (Å²) in [5.74, 6) is 1.02. The Morgan fingerprint density at radius 3 is 2.00 bits per heavy atom. The SMILES string of the molecule is CC1CC2(CCN(C3CCC4(CC3)CNC4)CC2)C1. The van der Waals surface area contributed by atoms with E-state index in [-0.39, 0.29) is 0 Å². The van der Waals surface area contributed by atoms with Gasteiger partial charge in [-0.15, -0.1) is 0 Å². The normalized spacial score (nSPS) is 38.1. The van der Waals surface area contributed by atoms with E-state index in [1.807, 2.05) is 0 Å². The summed E-state index contributed by atoms with van der Waals surface area (Å²) in [5, 5.41) is 3.48. The van der Waals surface area contributed by atoms with E-state index in [4.69, 9.17) is 0 Å². The Morgan fingerprint density at radius 2 is 1.53 bits per heavy atom. The molecule has 2 heteroatoms. The second kappa shape index (κ2) is 4.46. The van der Waals surface area contributed by atoms with Crippen LogP contribution >= 0.6 is 0 Å². The van der Waals surface area contributed by atoms with Crippen LogP contribution in [0.5, 0.6) is 0 Å². The van der Waals surface area contributed by atoms with Gasteiger partial charge in [-0.2, -0.15) is 0 Å². The molecule has 0 aromatic carbocycles. The van der Waals surface area contributed by atoms with Crippen LogP contribution in [0.4, 0.5) is 0 Å². The van der Waals surface area contributed by atoms with Crippen LogP contribution < -0.4 is 5.32 Å². The van der Waals surface area contributed by atoms with Crippen molar-refractivity contribution in [2.24, 2.45) is 16.7 Å². The molecular weight excluding hydrogens is 232 g/mol. The second-order valence-electron chi connectivity index (χ2n) is 8.38. The van der Waals surface area contributed by atoms with Gasteiger partial charge in [0, 0.05) is 19.1 Å². The fraction of sp³-hybridized carbons (Fsp3) is 1.00. The lowest BCUT2D eigenvalue weighted by molar-refractivity contribution is -0.0329. The average molecular weight is 262 g/mol. The van der Waals surface area contributed by atoms with Crippen LogP contribution in [0.2, 0.25) is 0 Å². The standard InChI is InChI=1S/C17H30N2/c1-14-10-16(11-14)6-8-19(9-7-16)15-2-4-17(5-3-15)12-18-13-17/h14-15,18H,2-13H2,1H3. The molecule has 0 amide bonds. The van der Waals surface area contributed by atoms with Crippen molar-refractivity contribution in [3.05, 3.63) is 0 Å². The molecule has 108 valence electrons. The van der Waals surface area contributed by atoms with Crippen LogP contribution in [-0.4, -0.2) is 37.1 Å². The van der Waals surface area contributed by atoms with Gasteiger partial charge in [0.15, 0.2) is 0 Å². The van der Waals surface area contributed by atoms with Gasteiger partial charge in [0.05, 0.1) is 0 Å². The Bertz CT molecular complexity index is 321. The topological polar surface area (TPSA) is 15.3 Å². The third kappa shape index (κ3) is 2.15. The van der Waals surface area contributed by atoms with Crippen molar-refractivity contribution in [3.63, 3.8) is 0 Å². The Balaban J connectivity index is 1.28. The highest BCUT2D eigenvalue weighted by molar-refractivity contribution is 5.00. The molecule has 4 fully saturated rings. The molecule has 4 aliphatic rings. The van der Waals surface area contributed by atoms with Gasteiger partial charge in [-0.3, -0.25) is 0 Å². The maximum Gasteiger partial charge on any atom is 0.00957 e. The predicted octanol–water partition coefficient (Wildman–Crippen LogP) is 3.03. The zero-order chi connectivity index (χ0) is 12.9. The van der Waals surface area contributed by atoms with Crippen LogP contribution in [0.1, 0.15) is 58.3 Å². The molecule has 0 radical (unpaired) electrons. The fourth-order valence-corrected chi connectivity index (χ4v) is 5.60. The van der Waals surface area contributed by atoms with Gasteiger partial charge < -0.3 is 10.2 Å². The molecule has 0 aromatic heterocycles. The van der Waals surface area contributed by atoms with Gasteiger partial charge in [0.2, 0.25) is 0 Å². The van der Waals surface area contributed by atoms with Gasteiger partial charge in [-0.1, -0.05) is 6.92 Å². The molecule has 0 aromatic rings. The monoisotopic (exact) mass is 262 g/mol. The third-order valence-electron chi connectivity index (χ3n) is 6.95. The number of hydrogen-bond donors (Lipinski definition) is 1. The lowest BCUT2D eigenvalue weighted by atomic mass is 9.58. The number of rotatable bonds is 1. The Morgan fingerprint density at radius 1 is 0.895 bits per heavy atom. The van der Waals surface area contributed by atoms with Crippen molar-refractivity contribution < 1.29 is 0 Å². The molecule has 0 bridgehead atoms. The van der Waals surface area contributed by atoms with E-state index < -0.39 is 0 Å². The first kappa shape index (κ1) is 12.6. The zero-order valence-corrected chi connectivity index (χ0v) is 12.6. The largest absolute Gasteiger partial charge is 0.316 e. The average Bonchev–Trinajstić information content (AvgIpc) is 2.37. The number of likely N-dealkylation sites (tertiary alicyclic amines) is 1. The van der Waals surface area contributed by atoms with Crippen molar-refractivity contribution in [3.8, 4) is 0 Å². The van der Waals surface area contributed by atoms with Gasteiger partial charge in [-0.25, -0.2) is 0 Å². The molecule has 2 heterocycles. The van der Waals surface area contributed by atoms with Gasteiger partial charge in [0.1, 0.15) is 0 Å². The predicted molar refractivity (Wildman–Crippen MR) is 79.2 cm³/mol. The molecule has 19 heavy (non-hydrogen) atoms. The van der Waals surface area contributed by atoms with Gasteiger partial charge in [-0.05, 0) is 81.2 Å². The van der Waals surface area contributed by atoms with E-state index in [0.29, 0.717) is 0 Å². The summed E-state index contributed by atoms with van der Waals surface area (Å²) < 4.78 is 0. The fourth-order valence-electron chi connectivity index (χ4n) is 5.60. The first-order chi connectivity index (χ1) is 9.19. The van der Waals surface area contributed by atoms with Crippen molar-refractivity contribution in [1.29, 1.82) is 0 Å². The smallest absolute Gasteiger partial charge is 0.00957 e. The minimum atomic E-state index is 0.733. The Kier molecular flexibility index (Phi) is 2.97. The number of nitrogens with one attached hydrogen (secondary N) is 1. The van der Waals surface area contributed by atoms with Crippen molar-refractivity contribution in [1.82, 2.24) is 10.2 Å². The highest BCUT2D eigenvalue weighted by atomic mass is 15.2.